The Morgan fingerprint density at radius 2 is 1.41 bits per heavy atom. The van der Waals surface area contributed by atoms with E-state index in [0.29, 0.717) is 18.6 Å². The van der Waals surface area contributed by atoms with Crippen LogP contribution in [0.3, 0.4) is 0 Å². The van der Waals surface area contributed by atoms with Gasteiger partial charge in [0.25, 0.3) is 0 Å². The van der Waals surface area contributed by atoms with Crippen molar-refractivity contribution in [3.63, 3.8) is 0 Å². The molecular formula is C29H35NO2. The van der Waals surface area contributed by atoms with Crippen LogP contribution >= 0.6 is 0 Å². The minimum absolute atomic E-state index is 0.232. The number of rotatable bonds is 10. The van der Waals surface area contributed by atoms with E-state index >= 15 is 0 Å². The summed E-state index contributed by atoms with van der Waals surface area (Å²) in [6.45, 7) is 1.72. The van der Waals surface area contributed by atoms with E-state index in [4.69, 9.17) is 4.74 Å². The summed E-state index contributed by atoms with van der Waals surface area (Å²) in [5, 5.41) is 13.5. The van der Waals surface area contributed by atoms with Crippen molar-refractivity contribution in [1.29, 1.82) is 0 Å². The molecule has 1 atom stereocenters. The maximum atomic E-state index is 9.78. The summed E-state index contributed by atoms with van der Waals surface area (Å²) < 4.78 is 5.93. The SMILES string of the molecule is OCC(CNC1CCC(c2ccc(OCc3ccccc3)cc2)CC1)Cc1ccccc1. The minimum Gasteiger partial charge on any atom is -0.489 e. The molecule has 1 fully saturated rings. The standard InChI is InChI=1S/C29H35NO2/c31-21-25(19-23-7-3-1-4-8-23)20-30-28-15-11-26(12-16-28)27-13-17-29(18-14-27)32-22-24-9-5-2-6-10-24/h1-10,13-14,17-18,25-26,28,30-31H,11-12,15-16,19-22H2. The second-order valence-electron chi connectivity index (χ2n) is 9.04. The monoisotopic (exact) mass is 429 g/mol. The highest BCUT2D eigenvalue weighted by Gasteiger charge is 2.23. The predicted molar refractivity (Wildman–Crippen MR) is 131 cm³/mol. The Labute approximate surface area is 192 Å². The van der Waals surface area contributed by atoms with Gasteiger partial charge in [-0.25, -0.2) is 0 Å². The molecule has 0 heterocycles. The lowest BCUT2D eigenvalue weighted by atomic mass is 9.81. The number of ether oxygens (including phenoxy) is 1. The lowest BCUT2D eigenvalue weighted by Crippen LogP contribution is -2.37. The topological polar surface area (TPSA) is 41.5 Å². The molecule has 0 aromatic heterocycles. The number of hydrogen-bond acceptors (Lipinski definition) is 3. The normalized spacial score (nSPS) is 19.4. The largest absolute Gasteiger partial charge is 0.489 e. The maximum Gasteiger partial charge on any atom is 0.119 e. The van der Waals surface area contributed by atoms with E-state index in [2.05, 4.69) is 66.0 Å². The lowest BCUT2D eigenvalue weighted by molar-refractivity contribution is 0.212. The lowest BCUT2D eigenvalue weighted by Gasteiger charge is -2.30. The van der Waals surface area contributed by atoms with Gasteiger partial charge in [0.2, 0.25) is 0 Å². The van der Waals surface area contributed by atoms with Crippen LogP contribution in [0, 0.1) is 5.92 Å². The highest BCUT2D eigenvalue weighted by atomic mass is 16.5. The molecule has 1 saturated carbocycles. The van der Waals surface area contributed by atoms with E-state index in [1.807, 2.05) is 24.3 Å². The Balaban J connectivity index is 1.19. The first-order valence-electron chi connectivity index (χ1n) is 11.9. The first-order valence-corrected chi connectivity index (χ1v) is 11.9. The Morgan fingerprint density at radius 3 is 2.03 bits per heavy atom. The third kappa shape index (κ3) is 6.69. The van der Waals surface area contributed by atoms with Gasteiger partial charge in [-0.05, 0) is 72.8 Å². The molecule has 168 valence electrons. The minimum atomic E-state index is 0.232. The van der Waals surface area contributed by atoms with E-state index < -0.39 is 0 Å². The van der Waals surface area contributed by atoms with Crippen LogP contribution in [0.5, 0.6) is 5.75 Å². The Bertz CT molecular complexity index is 903. The van der Waals surface area contributed by atoms with Crippen LogP contribution in [0.1, 0.15) is 48.3 Å². The summed E-state index contributed by atoms with van der Waals surface area (Å²) in [5.74, 6) is 1.84. The van der Waals surface area contributed by atoms with Crippen molar-refractivity contribution in [2.24, 2.45) is 5.92 Å². The van der Waals surface area contributed by atoms with Crippen LogP contribution in [0.2, 0.25) is 0 Å². The molecule has 0 saturated heterocycles. The average Bonchev–Trinajstić information content (AvgIpc) is 2.87. The van der Waals surface area contributed by atoms with E-state index in [1.165, 1.54) is 42.4 Å². The molecule has 3 nitrogen and oxygen atoms in total. The molecule has 32 heavy (non-hydrogen) atoms. The van der Waals surface area contributed by atoms with E-state index in [0.717, 1.165) is 18.7 Å². The van der Waals surface area contributed by atoms with E-state index in [9.17, 15) is 5.11 Å². The fraction of sp³-hybridized carbons (Fsp3) is 0.379. The van der Waals surface area contributed by atoms with Crippen molar-refractivity contribution >= 4 is 0 Å². The molecule has 1 unspecified atom stereocenters. The fourth-order valence-electron chi connectivity index (χ4n) is 4.69. The van der Waals surface area contributed by atoms with Gasteiger partial charge in [-0.3, -0.25) is 0 Å². The van der Waals surface area contributed by atoms with Crippen LogP contribution in [0.25, 0.3) is 0 Å². The van der Waals surface area contributed by atoms with Crippen molar-refractivity contribution in [3.05, 3.63) is 102 Å². The van der Waals surface area contributed by atoms with Crippen LogP contribution in [0.15, 0.2) is 84.9 Å². The van der Waals surface area contributed by atoms with E-state index in [1.54, 1.807) is 0 Å². The van der Waals surface area contributed by atoms with Crippen molar-refractivity contribution in [3.8, 4) is 5.75 Å². The quantitative estimate of drug-likeness (QED) is 0.432. The molecule has 3 heteroatoms. The van der Waals surface area contributed by atoms with Crippen LogP contribution < -0.4 is 10.1 Å². The van der Waals surface area contributed by atoms with Gasteiger partial charge in [-0.1, -0.05) is 72.8 Å². The zero-order valence-electron chi connectivity index (χ0n) is 18.8. The number of hydrogen-bond donors (Lipinski definition) is 2. The number of aliphatic hydroxyl groups is 1. The third-order valence-corrected chi connectivity index (χ3v) is 6.65. The van der Waals surface area contributed by atoms with Gasteiger partial charge < -0.3 is 15.2 Å². The number of aliphatic hydroxyl groups excluding tert-OH is 1. The molecule has 1 aliphatic carbocycles. The summed E-state index contributed by atoms with van der Waals surface area (Å²) in [7, 11) is 0. The van der Waals surface area contributed by atoms with Crippen molar-refractivity contribution < 1.29 is 9.84 Å². The maximum absolute atomic E-state index is 9.78. The summed E-state index contributed by atoms with van der Waals surface area (Å²) >= 11 is 0. The van der Waals surface area contributed by atoms with Gasteiger partial charge in [0.05, 0.1) is 0 Å². The molecule has 0 bridgehead atoms. The summed E-state index contributed by atoms with van der Waals surface area (Å²) in [6.07, 6.45) is 5.74. The van der Waals surface area contributed by atoms with Gasteiger partial charge in [0.1, 0.15) is 12.4 Å². The fourth-order valence-corrected chi connectivity index (χ4v) is 4.69. The second-order valence-corrected chi connectivity index (χ2v) is 9.04. The summed E-state index contributed by atoms with van der Waals surface area (Å²) in [4.78, 5) is 0. The first-order chi connectivity index (χ1) is 15.8. The third-order valence-electron chi connectivity index (χ3n) is 6.65. The van der Waals surface area contributed by atoms with E-state index in [-0.39, 0.29) is 12.5 Å². The molecule has 2 N–H and O–H groups in total. The molecule has 0 amide bonds. The zero-order chi connectivity index (χ0) is 22.0. The van der Waals surface area contributed by atoms with Gasteiger partial charge in [0.15, 0.2) is 0 Å². The molecule has 0 radical (unpaired) electrons. The van der Waals surface area contributed by atoms with Crippen molar-refractivity contribution in [2.45, 2.75) is 50.7 Å². The highest BCUT2D eigenvalue weighted by Crippen LogP contribution is 2.33. The predicted octanol–water partition coefficient (Wildman–Crippen LogP) is 5.73. The Kier molecular flexibility index (Phi) is 8.35. The van der Waals surface area contributed by atoms with Crippen molar-refractivity contribution in [2.75, 3.05) is 13.2 Å². The average molecular weight is 430 g/mol. The van der Waals surface area contributed by atoms with Gasteiger partial charge in [-0.15, -0.1) is 0 Å². The number of benzene rings is 3. The van der Waals surface area contributed by atoms with Crippen LogP contribution in [-0.2, 0) is 13.0 Å². The summed E-state index contributed by atoms with van der Waals surface area (Å²) in [6, 6.07) is 30.0. The van der Waals surface area contributed by atoms with Gasteiger partial charge in [-0.2, -0.15) is 0 Å². The number of nitrogens with one attached hydrogen (secondary N) is 1. The highest BCUT2D eigenvalue weighted by molar-refractivity contribution is 5.30. The molecule has 3 aromatic carbocycles. The molecule has 0 aliphatic heterocycles. The molecule has 0 spiro atoms. The smallest absolute Gasteiger partial charge is 0.119 e. The zero-order valence-corrected chi connectivity index (χ0v) is 18.8. The molecule has 4 rings (SSSR count). The van der Waals surface area contributed by atoms with Crippen LogP contribution in [-0.4, -0.2) is 24.3 Å². The first kappa shape index (κ1) is 22.6. The van der Waals surface area contributed by atoms with Crippen molar-refractivity contribution in [1.82, 2.24) is 5.32 Å². The van der Waals surface area contributed by atoms with Gasteiger partial charge >= 0.3 is 0 Å². The summed E-state index contributed by atoms with van der Waals surface area (Å²) in [5.41, 5.74) is 3.91. The second kappa shape index (κ2) is 11.8. The Hall–Kier alpha value is -2.62. The van der Waals surface area contributed by atoms with Crippen LogP contribution in [0.4, 0.5) is 0 Å². The molecular weight excluding hydrogens is 394 g/mol. The Morgan fingerprint density at radius 1 is 0.781 bits per heavy atom. The van der Waals surface area contributed by atoms with Gasteiger partial charge in [0, 0.05) is 19.2 Å². The molecule has 1 aliphatic rings. The molecule has 3 aromatic rings.